The first-order chi connectivity index (χ1) is 9.66. The van der Waals surface area contributed by atoms with Crippen molar-refractivity contribution in [3.63, 3.8) is 0 Å². The van der Waals surface area contributed by atoms with Crippen molar-refractivity contribution >= 4 is 11.1 Å². The number of nitrogens with zero attached hydrogens (tertiary/aromatic N) is 2. The van der Waals surface area contributed by atoms with Crippen LogP contribution in [0.4, 0.5) is 4.39 Å². The maximum atomic E-state index is 13.6. The molecule has 0 aliphatic heterocycles. The van der Waals surface area contributed by atoms with Gasteiger partial charge in [0.15, 0.2) is 0 Å². The van der Waals surface area contributed by atoms with E-state index in [4.69, 9.17) is 4.42 Å². The molecule has 5 nitrogen and oxygen atoms in total. The van der Waals surface area contributed by atoms with Gasteiger partial charge in [0.25, 0.3) is 5.56 Å². The zero-order chi connectivity index (χ0) is 14.1. The lowest BCUT2D eigenvalue weighted by atomic mass is 10.2. The SMILES string of the molecule is O=c1oc2ncccc2c(=O)n1Cc1ccccc1F. The second-order valence-electron chi connectivity index (χ2n) is 4.21. The van der Waals surface area contributed by atoms with Gasteiger partial charge in [0.2, 0.25) is 5.71 Å². The second-order valence-corrected chi connectivity index (χ2v) is 4.21. The van der Waals surface area contributed by atoms with E-state index in [9.17, 15) is 14.0 Å². The zero-order valence-electron chi connectivity index (χ0n) is 10.2. The number of halogens is 1. The number of hydrogen-bond acceptors (Lipinski definition) is 4. The number of pyridine rings is 1. The van der Waals surface area contributed by atoms with Gasteiger partial charge in [-0.2, -0.15) is 0 Å². The molecule has 2 heterocycles. The summed E-state index contributed by atoms with van der Waals surface area (Å²) in [6.07, 6.45) is 1.42. The normalized spacial score (nSPS) is 10.8. The summed E-state index contributed by atoms with van der Waals surface area (Å²) >= 11 is 0. The average Bonchev–Trinajstić information content (AvgIpc) is 2.45. The van der Waals surface area contributed by atoms with E-state index in [0.29, 0.717) is 0 Å². The van der Waals surface area contributed by atoms with E-state index in [2.05, 4.69) is 4.98 Å². The number of aromatic nitrogens is 2. The quantitative estimate of drug-likeness (QED) is 0.709. The van der Waals surface area contributed by atoms with E-state index in [-0.39, 0.29) is 23.2 Å². The lowest BCUT2D eigenvalue weighted by Gasteiger charge is -2.05. The highest BCUT2D eigenvalue weighted by molar-refractivity contribution is 5.70. The maximum absolute atomic E-state index is 13.6. The first-order valence-electron chi connectivity index (χ1n) is 5.89. The molecule has 20 heavy (non-hydrogen) atoms. The van der Waals surface area contributed by atoms with Crippen LogP contribution in [0, 0.1) is 5.82 Å². The van der Waals surface area contributed by atoms with Gasteiger partial charge in [-0.05, 0) is 18.2 Å². The van der Waals surface area contributed by atoms with E-state index in [1.54, 1.807) is 12.1 Å². The molecule has 3 aromatic rings. The molecule has 0 saturated heterocycles. The third kappa shape index (κ3) is 2.01. The minimum atomic E-state index is -0.857. The molecule has 0 unspecified atom stereocenters. The van der Waals surface area contributed by atoms with E-state index >= 15 is 0 Å². The second kappa shape index (κ2) is 4.73. The topological polar surface area (TPSA) is 65.1 Å². The number of benzene rings is 1. The Morgan fingerprint density at radius 2 is 1.95 bits per heavy atom. The van der Waals surface area contributed by atoms with Crippen molar-refractivity contribution in [1.82, 2.24) is 9.55 Å². The van der Waals surface area contributed by atoms with Crippen LogP contribution in [0.2, 0.25) is 0 Å². The molecule has 6 heteroatoms. The third-order valence-electron chi connectivity index (χ3n) is 2.94. The van der Waals surface area contributed by atoms with Crippen LogP contribution in [0.1, 0.15) is 5.56 Å². The number of hydrogen-bond donors (Lipinski definition) is 0. The maximum Gasteiger partial charge on any atom is 0.423 e. The molecule has 0 N–H and O–H groups in total. The third-order valence-corrected chi connectivity index (χ3v) is 2.94. The van der Waals surface area contributed by atoms with Crippen LogP contribution in [-0.2, 0) is 6.54 Å². The van der Waals surface area contributed by atoms with Crippen molar-refractivity contribution in [2.24, 2.45) is 0 Å². The minimum Gasteiger partial charge on any atom is -0.390 e. The smallest absolute Gasteiger partial charge is 0.390 e. The highest BCUT2D eigenvalue weighted by atomic mass is 19.1. The highest BCUT2D eigenvalue weighted by Crippen LogP contribution is 2.08. The van der Waals surface area contributed by atoms with E-state index < -0.39 is 17.1 Å². The Morgan fingerprint density at radius 3 is 2.75 bits per heavy atom. The summed E-state index contributed by atoms with van der Waals surface area (Å²) in [6, 6.07) is 9.02. The van der Waals surface area contributed by atoms with Crippen LogP contribution in [0.3, 0.4) is 0 Å². The molecular formula is C14H9FN2O3. The van der Waals surface area contributed by atoms with Crippen LogP contribution in [-0.4, -0.2) is 9.55 Å². The summed E-state index contributed by atoms with van der Waals surface area (Å²) < 4.78 is 19.4. The van der Waals surface area contributed by atoms with Crippen LogP contribution in [0.15, 0.2) is 56.6 Å². The molecule has 2 aromatic heterocycles. The van der Waals surface area contributed by atoms with Crippen molar-refractivity contribution in [3.05, 3.63) is 74.9 Å². The highest BCUT2D eigenvalue weighted by Gasteiger charge is 2.12. The van der Waals surface area contributed by atoms with Gasteiger partial charge in [-0.3, -0.25) is 4.79 Å². The number of rotatable bonds is 2. The lowest BCUT2D eigenvalue weighted by Crippen LogP contribution is -2.33. The predicted octanol–water partition coefficient (Wildman–Crippen LogP) is 1.54. The average molecular weight is 272 g/mol. The fraction of sp³-hybridized carbons (Fsp3) is 0.0714. The molecule has 0 saturated carbocycles. The summed E-state index contributed by atoms with van der Waals surface area (Å²) in [7, 11) is 0. The Balaban J connectivity index is 2.20. The van der Waals surface area contributed by atoms with Crippen LogP contribution >= 0.6 is 0 Å². The van der Waals surface area contributed by atoms with Gasteiger partial charge < -0.3 is 4.42 Å². The first kappa shape index (κ1) is 12.3. The fourth-order valence-corrected chi connectivity index (χ4v) is 1.93. The molecule has 0 radical (unpaired) electrons. The monoisotopic (exact) mass is 272 g/mol. The molecule has 1 aromatic carbocycles. The molecule has 3 rings (SSSR count). The summed E-state index contributed by atoms with van der Waals surface area (Å²) in [6.45, 7) is -0.182. The Labute approximate surface area is 111 Å². The van der Waals surface area contributed by atoms with Crippen molar-refractivity contribution in [2.75, 3.05) is 0 Å². The molecule has 0 atom stereocenters. The van der Waals surface area contributed by atoms with Gasteiger partial charge in [-0.25, -0.2) is 18.7 Å². The summed E-state index contributed by atoms with van der Waals surface area (Å²) in [4.78, 5) is 27.8. The van der Waals surface area contributed by atoms with Gasteiger partial charge in [0.05, 0.1) is 6.54 Å². The summed E-state index contributed by atoms with van der Waals surface area (Å²) in [5.41, 5.74) is -0.329. The Kier molecular flexibility index (Phi) is 2.90. The van der Waals surface area contributed by atoms with Crippen LogP contribution in [0.25, 0.3) is 11.1 Å². The molecule has 100 valence electrons. The lowest BCUT2D eigenvalue weighted by molar-refractivity contribution is 0.459. The summed E-state index contributed by atoms with van der Waals surface area (Å²) in [5.74, 6) is -1.34. The first-order valence-corrected chi connectivity index (χ1v) is 5.89. The van der Waals surface area contributed by atoms with Crippen molar-refractivity contribution < 1.29 is 8.81 Å². The molecule has 0 bridgehead atoms. The van der Waals surface area contributed by atoms with Gasteiger partial charge in [-0.15, -0.1) is 0 Å². The largest absolute Gasteiger partial charge is 0.423 e. The van der Waals surface area contributed by atoms with E-state index in [1.807, 2.05) is 0 Å². The standard InChI is InChI=1S/C14H9FN2O3/c15-11-6-2-1-4-9(11)8-17-13(18)10-5-3-7-16-12(10)20-14(17)19/h1-7H,8H2. The molecule has 0 aliphatic rings. The van der Waals surface area contributed by atoms with Crippen LogP contribution < -0.4 is 11.3 Å². The van der Waals surface area contributed by atoms with Crippen molar-refractivity contribution in [1.29, 1.82) is 0 Å². The van der Waals surface area contributed by atoms with Gasteiger partial charge in [0, 0.05) is 11.8 Å². The van der Waals surface area contributed by atoms with Crippen LogP contribution in [0.5, 0.6) is 0 Å². The molecule has 0 aliphatic carbocycles. The zero-order valence-corrected chi connectivity index (χ0v) is 10.2. The van der Waals surface area contributed by atoms with Gasteiger partial charge in [0.1, 0.15) is 11.2 Å². The Bertz CT molecular complexity index is 899. The van der Waals surface area contributed by atoms with Crippen molar-refractivity contribution in [3.8, 4) is 0 Å². The van der Waals surface area contributed by atoms with Crippen molar-refractivity contribution in [2.45, 2.75) is 6.54 Å². The number of fused-ring (bicyclic) bond motifs is 1. The van der Waals surface area contributed by atoms with Gasteiger partial charge >= 0.3 is 5.76 Å². The minimum absolute atomic E-state index is 0.0210. The molecule has 0 fully saturated rings. The molecule has 0 amide bonds. The van der Waals surface area contributed by atoms with E-state index in [0.717, 1.165) is 4.57 Å². The molecule has 0 spiro atoms. The Morgan fingerprint density at radius 1 is 1.15 bits per heavy atom. The van der Waals surface area contributed by atoms with E-state index in [1.165, 1.54) is 30.5 Å². The Hall–Kier alpha value is -2.76. The molecular weight excluding hydrogens is 263 g/mol. The predicted molar refractivity (Wildman–Crippen MR) is 70.0 cm³/mol. The fourth-order valence-electron chi connectivity index (χ4n) is 1.93. The van der Waals surface area contributed by atoms with Gasteiger partial charge in [-0.1, -0.05) is 18.2 Å². The summed E-state index contributed by atoms with van der Waals surface area (Å²) in [5, 5.41) is 0.184.